The fourth-order valence-electron chi connectivity index (χ4n) is 2.90. The molecule has 1 aromatic carbocycles. The van der Waals surface area contributed by atoms with E-state index in [0.717, 1.165) is 43.5 Å². The summed E-state index contributed by atoms with van der Waals surface area (Å²) in [7, 11) is 0. The third kappa shape index (κ3) is 2.43. The van der Waals surface area contributed by atoms with Gasteiger partial charge in [0.05, 0.1) is 0 Å². The molecule has 19 heavy (non-hydrogen) atoms. The van der Waals surface area contributed by atoms with Crippen LogP contribution >= 0.6 is 0 Å². The Labute approximate surface area is 113 Å². The van der Waals surface area contributed by atoms with Gasteiger partial charge < -0.3 is 9.30 Å². The number of aromatic nitrogens is 1. The van der Waals surface area contributed by atoms with E-state index in [0.29, 0.717) is 5.92 Å². The summed E-state index contributed by atoms with van der Waals surface area (Å²) in [5, 5.41) is 1.07. The minimum Gasteiger partial charge on any atom is -0.381 e. The number of hydrogen-bond acceptors (Lipinski definition) is 2. The van der Waals surface area contributed by atoms with Crippen LogP contribution < -0.4 is 0 Å². The molecule has 100 valence electrons. The third-order valence-corrected chi connectivity index (χ3v) is 3.99. The molecule has 3 heteroatoms. The monoisotopic (exact) mass is 257 g/mol. The number of nitrogens with zero attached hydrogens (tertiary/aromatic N) is 1. The van der Waals surface area contributed by atoms with Crippen molar-refractivity contribution in [2.45, 2.75) is 26.3 Å². The number of carbonyl (C=O) groups is 1. The maximum absolute atomic E-state index is 11.6. The van der Waals surface area contributed by atoms with Gasteiger partial charge in [-0.05, 0) is 37.8 Å². The lowest BCUT2D eigenvalue weighted by atomic mass is 10.0. The topological polar surface area (TPSA) is 31.2 Å². The van der Waals surface area contributed by atoms with E-state index < -0.39 is 0 Å². The van der Waals surface area contributed by atoms with Crippen LogP contribution in [0, 0.1) is 5.92 Å². The van der Waals surface area contributed by atoms with Gasteiger partial charge in [-0.3, -0.25) is 4.79 Å². The molecule has 0 bridgehead atoms. The SMILES string of the molecule is CC(=O)c1cccc2c1ccn2CC1CCOCC1. The molecule has 0 N–H and O–H groups in total. The van der Waals surface area contributed by atoms with E-state index in [4.69, 9.17) is 4.74 Å². The zero-order valence-electron chi connectivity index (χ0n) is 11.3. The lowest BCUT2D eigenvalue weighted by Crippen LogP contribution is -2.20. The second-order valence-electron chi connectivity index (χ2n) is 5.32. The molecule has 1 fully saturated rings. The molecule has 0 unspecified atom stereocenters. The number of ether oxygens (including phenoxy) is 1. The second-order valence-corrected chi connectivity index (χ2v) is 5.32. The average Bonchev–Trinajstić information content (AvgIpc) is 2.83. The summed E-state index contributed by atoms with van der Waals surface area (Å²) in [6.07, 6.45) is 4.37. The summed E-state index contributed by atoms with van der Waals surface area (Å²) < 4.78 is 7.68. The molecule has 2 aromatic rings. The summed E-state index contributed by atoms with van der Waals surface area (Å²) in [6.45, 7) is 4.41. The van der Waals surface area contributed by atoms with Crippen molar-refractivity contribution in [3.63, 3.8) is 0 Å². The highest BCUT2D eigenvalue weighted by molar-refractivity contribution is 6.06. The molecule has 0 aliphatic carbocycles. The van der Waals surface area contributed by atoms with Crippen LogP contribution in [0.1, 0.15) is 30.1 Å². The number of benzene rings is 1. The number of hydrogen-bond donors (Lipinski definition) is 0. The van der Waals surface area contributed by atoms with Crippen molar-refractivity contribution < 1.29 is 9.53 Å². The average molecular weight is 257 g/mol. The fourth-order valence-corrected chi connectivity index (χ4v) is 2.90. The van der Waals surface area contributed by atoms with Gasteiger partial charge in [0.2, 0.25) is 0 Å². The molecule has 3 rings (SSSR count). The number of ketones is 1. The molecule has 1 aromatic heterocycles. The first-order chi connectivity index (χ1) is 9.25. The van der Waals surface area contributed by atoms with E-state index in [-0.39, 0.29) is 5.78 Å². The minimum atomic E-state index is 0.134. The van der Waals surface area contributed by atoms with Gasteiger partial charge in [-0.25, -0.2) is 0 Å². The maximum Gasteiger partial charge on any atom is 0.160 e. The summed E-state index contributed by atoms with van der Waals surface area (Å²) in [6, 6.07) is 8.04. The number of Topliss-reactive ketones (excluding diaryl/α,β-unsaturated/α-hetero) is 1. The Morgan fingerprint density at radius 3 is 2.84 bits per heavy atom. The lowest BCUT2D eigenvalue weighted by molar-refractivity contribution is 0.0616. The number of carbonyl (C=O) groups excluding carboxylic acids is 1. The minimum absolute atomic E-state index is 0.134. The summed E-state index contributed by atoms with van der Waals surface area (Å²) in [4.78, 5) is 11.6. The predicted molar refractivity (Wildman–Crippen MR) is 75.5 cm³/mol. The van der Waals surface area contributed by atoms with Crippen LogP contribution in [-0.4, -0.2) is 23.6 Å². The van der Waals surface area contributed by atoms with Gasteiger partial charge in [-0.1, -0.05) is 12.1 Å². The van der Waals surface area contributed by atoms with Gasteiger partial charge in [-0.15, -0.1) is 0 Å². The van der Waals surface area contributed by atoms with Crippen molar-refractivity contribution >= 4 is 16.7 Å². The Kier molecular flexibility index (Phi) is 3.38. The molecule has 0 saturated carbocycles. The van der Waals surface area contributed by atoms with E-state index in [9.17, 15) is 4.79 Å². The maximum atomic E-state index is 11.6. The molecule has 3 nitrogen and oxygen atoms in total. The Morgan fingerprint density at radius 1 is 1.32 bits per heavy atom. The molecular formula is C16H19NO2. The highest BCUT2D eigenvalue weighted by atomic mass is 16.5. The first-order valence-corrected chi connectivity index (χ1v) is 6.92. The molecule has 1 saturated heterocycles. The number of fused-ring (bicyclic) bond motifs is 1. The van der Waals surface area contributed by atoms with Gasteiger partial charge in [0, 0.05) is 42.4 Å². The zero-order valence-corrected chi connectivity index (χ0v) is 11.3. The van der Waals surface area contributed by atoms with Crippen LogP contribution in [0.15, 0.2) is 30.5 Å². The quantitative estimate of drug-likeness (QED) is 0.790. The largest absolute Gasteiger partial charge is 0.381 e. The fraction of sp³-hybridized carbons (Fsp3) is 0.438. The summed E-state index contributed by atoms with van der Waals surface area (Å²) in [5.41, 5.74) is 1.99. The molecular weight excluding hydrogens is 238 g/mol. The van der Waals surface area contributed by atoms with Crippen molar-refractivity contribution in [3.8, 4) is 0 Å². The van der Waals surface area contributed by atoms with Crippen molar-refractivity contribution in [2.24, 2.45) is 5.92 Å². The smallest absolute Gasteiger partial charge is 0.160 e. The first-order valence-electron chi connectivity index (χ1n) is 6.92. The third-order valence-electron chi connectivity index (χ3n) is 3.99. The van der Waals surface area contributed by atoms with Crippen LogP contribution in [-0.2, 0) is 11.3 Å². The molecule has 0 amide bonds. The van der Waals surface area contributed by atoms with Crippen LogP contribution in [0.25, 0.3) is 10.9 Å². The van der Waals surface area contributed by atoms with Crippen molar-refractivity contribution in [3.05, 3.63) is 36.0 Å². The Balaban J connectivity index is 1.92. The van der Waals surface area contributed by atoms with Gasteiger partial charge >= 0.3 is 0 Å². The van der Waals surface area contributed by atoms with Crippen LogP contribution in [0.5, 0.6) is 0 Å². The van der Waals surface area contributed by atoms with Gasteiger partial charge in [0.25, 0.3) is 0 Å². The van der Waals surface area contributed by atoms with Gasteiger partial charge in [0.15, 0.2) is 5.78 Å². The normalized spacial score (nSPS) is 16.9. The van der Waals surface area contributed by atoms with E-state index in [2.05, 4.69) is 22.9 Å². The van der Waals surface area contributed by atoms with Crippen molar-refractivity contribution in [2.75, 3.05) is 13.2 Å². The molecule has 1 aliphatic heterocycles. The van der Waals surface area contributed by atoms with E-state index >= 15 is 0 Å². The lowest BCUT2D eigenvalue weighted by Gasteiger charge is -2.22. The summed E-state index contributed by atoms with van der Waals surface area (Å²) >= 11 is 0. The van der Waals surface area contributed by atoms with E-state index in [1.54, 1.807) is 6.92 Å². The van der Waals surface area contributed by atoms with Gasteiger partial charge in [0.1, 0.15) is 0 Å². The first kappa shape index (κ1) is 12.4. The second kappa shape index (κ2) is 5.17. The van der Waals surface area contributed by atoms with Crippen molar-refractivity contribution in [1.82, 2.24) is 4.57 Å². The molecule has 0 atom stereocenters. The van der Waals surface area contributed by atoms with E-state index in [1.165, 1.54) is 5.52 Å². The zero-order chi connectivity index (χ0) is 13.2. The molecule has 0 spiro atoms. The van der Waals surface area contributed by atoms with E-state index in [1.807, 2.05) is 12.1 Å². The molecule has 0 radical (unpaired) electrons. The highest BCUT2D eigenvalue weighted by Gasteiger charge is 2.16. The van der Waals surface area contributed by atoms with Gasteiger partial charge in [-0.2, -0.15) is 0 Å². The standard InChI is InChI=1S/C16H19NO2/c1-12(18)14-3-2-4-16-15(14)5-8-17(16)11-13-6-9-19-10-7-13/h2-5,8,13H,6-7,9-11H2,1H3. The van der Waals surface area contributed by atoms with Crippen LogP contribution in [0.3, 0.4) is 0 Å². The Bertz CT molecular complexity index is 594. The van der Waals surface area contributed by atoms with Crippen LogP contribution in [0.2, 0.25) is 0 Å². The highest BCUT2D eigenvalue weighted by Crippen LogP contribution is 2.24. The predicted octanol–water partition coefficient (Wildman–Crippen LogP) is 3.27. The van der Waals surface area contributed by atoms with Crippen LogP contribution in [0.4, 0.5) is 0 Å². The van der Waals surface area contributed by atoms with Crippen molar-refractivity contribution in [1.29, 1.82) is 0 Å². The summed E-state index contributed by atoms with van der Waals surface area (Å²) in [5.74, 6) is 0.819. The molecule has 1 aliphatic rings. The Morgan fingerprint density at radius 2 is 2.11 bits per heavy atom. The molecule has 2 heterocycles. The Hall–Kier alpha value is -1.61. The number of rotatable bonds is 3.